The van der Waals surface area contributed by atoms with Crippen LogP contribution in [0.15, 0.2) is 23.8 Å². The Bertz CT molecular complexity index is 705. The molecule has 0 aromatic carbocycles. The minimum absolute atomic E-state index is 0.300. The number of hydrogen-bond donors (Lipinski definition) is 0. The Kier molecular flexibility index (Phi) is 5.79. The third kappa shape index (κ3) is 3.54. The monoisotopic (exact) mass is 413 g/mol. The first-order valence-electron chi connectivity index (χ1n) is 12.0. The van der Waals surface area contributed by atoms with Crippen LogP contribution >= 0.6 is 0 Å². The summed E-state index contributed by atoms with van der Waals surface area (Å²) in [5.41, 5.74) is 3.22. The minimum atomic E-state index is -0.380. The zero-order chi connectivity index (χ0) is 21.0. The first-order chi connectivity index (χ1) is 13.7. The molecule has 2 nitrogen and oxygen atoms in total. The molecule has 6 atom stereocenters. The summed E-state index contributed by atoms with van der Waals surface area (Å²) in [5.74, 6) is 3.10. The maximum Gasteiger partial charge on any atom is 0.155 e. The Morgan fingerprint density at radius 3 is 2.66 bits per heavy atom. The Labute approximate surface area is 180 Å². The largest absolute Gasteiger partial charge is 0.377 e. The molecule has 3 saturated carbocycles. The molecule has 0 aromatic rings. The van der Waals surface area contributed by atoms with E-state index in [9.17, 15) is 4.79 Å². The van der Waals surface area contributed by atoms with Crippen molar-refractivity contribution in [2.24, 2.45) is 29.1 Å². The molecule has 4 rings (SSSR count). The summed E-state index contributed by atoms with van der Waals surface area (Å²) in [5, 5.41) is 0.324. The fraction of sp³-hybridized carbons (Fsp3) is 0.808. The molecule has 1 radical (unpaired) electrons. The maximum atomic E-state index is 12.0. The van der Waals surface area contributed by atoms with Crippen molar-refractivity contribution in [3.8, 4) is 0 Å². The van der Waals surface area contributed by atoms with Crippen molar-refractivity contribution in [2.75, 3.05) is 6.61 Å². The molecular weight excluding hydrogens is 372 g/mol. The first kappa shape index (κ1) is 21.6. The molecule has 4 aliphatic rings. The second-order valence-corrected chi connectivity index (χ2v) is 14.7. The fourth-order valence-electron chi connectivity index (χ4n) is 7.27. The molecule has 0 spiro atoms. The second kappa shape index (κ2) is 7.78. The predicted octanol–water partition coefficient (Wildman–Crippen LogP) is 6.60. The van der Waals surface area contributed by atoms with Gasteiger partial charge in [0, 0.05) is 18.4 Å². The summed E-state index contributed by atoms with van der Waals surface area (Å²) >= 11 is 0. The van der Waals surface area contributed by atoms with E-state index in [0.717, 1.165) is 44.1 Å². The molecular formula is C26H41O2Si. The zero-order valence-electron chi connectivity index (χ0n) is 19.4. The van der Waals surface area contributed by atoms with Crippen molar-refractivity contribution in [1.82, 2.24) is 0 Å². The highest BCUT2D eigenvalue weighted by molar-refractivity contribution is 6.59. The highest BCUT2D eigenvalue weighted by Crippen LogP contribution is 2.65. The van der Waals surface area contributed by atoms with E-state index in [4.69, 9.17) is 4.74 Å². The van der Waals surface area contributed by atoms with E-state index in [0.29, 0.717) is 34.2 Å². The number of allylic oxidation sites excluding steroid dienone is 2. The maximum absolute atomic E-state index is 12.0. The van der Waals surface area contributed by atoms with Gasteiger partial charge in [-0.05, 0) is 79.7 Å². The Hall–Kier alpha value is -0.673. The van der Waals surface area contributed by atoms with E-state index in [1.54, 1.807) is 0 Å². The molecule has 4 aliphatic carbocycles. The molecule has 29 heavy (non-hydrogen) atoms. The van der Waals surface area contributed by atoms with Crippen LogP contribution in [0.25, 0.3) is 0 Å². The van der Waals surface area contributed by atoms with E-state index in [2.05, 4.69) is 40.4 Å². The fourth-order valence-corrected chi connectivity index (χ4v) is 7.65. The van der Waals surface area contributed by atoms with Crippen LogP contribution in [0.3, 0.4) is 0 Å². The van der Waals surface area contributed by atoms with E-state index >= 15 is 0 Å². The van der Waals surface area contributed by atoms with Gasteiger partial charge in [-0.3, -0.25) is 4.79 Å². The van der Waals surface area contributed by atoms with E-state index in [-0.39, 0.29) is 8.80 Å². The highest BCUT2D eigenvalue weighted by atomic mass is 28.3. The predicted molar refractivity (Wildman–Crippen MR) is 122 cm³/mol. The van der Waals surface area contributed by atoms with E-state index in [1.165, 1.54) is 36.8 Å². The number of carbonyl (C=O) groups excluding carboxylic acids is 1. The summed E-state index contributed by atoms with van der Waals surface area (Å²) in [6, 6.07) is 0. The lowest BCUT2D eigenvalue weighted by Gasteiger charge is -2.56. The summed E-state index contributed by atoms with van der Waals surface area (Å²) in [6.45, 7) is 17.6. The lowest BCUT2D eigenvalue weighted by molar-refractivity contribution is -0.116. The molecule has 0 saturated heterocycles. The standard InChI is InChI=1S/C26H41O2Si/c1-7-26-15-17(2)24-20-11-9-19(27)14-18(20)8-10-21(24)22(26)12-13-23(26)28-16-25(3,4)29(5)6/h14,20-24H,2,7-13,15-16H2,1,3-6H3/t20?,21-,22-,23-,24+,26-/m0/s1. The van der Waals surface area contributed by atoms with Gasteiger partial charge in [-0.25, -0.2) is 0 Å². The van der Waals surface area contributed by atoms with Gasteiger partial charge in [-0.15, -0.1) is 0 Å². The molecule has 0 bridgehead atoms. The smallest absolute Gasteiger partial charge is 0.155 e. The normalized spacial score (nSPS) is 39.8. The van der Waals surface area contributed by atoms with E-state index < -0.39 is 0 Å². The van der Waals surface area contributed by atoms with Crippen LogP contribution in [0.5, 0.6) is 0 Å². The zero-order valence-corrected chi connectivity index (χ0v) is 20.4. The summed E-state index contributed by atoms with van der Waals surface area (Å²) < 4.78 is 6.77. The van der Waals surface area contributed by atoms with Crippen LogP contribution in [0.2, 0.25) is 18.1 Å². The number of rotatable bonds is 5. The summed E-state index contributed by atoms with van der Waals surface area (Å²) in [6.07, 6.45) is 11.5. The lowest BCUT2D eigenvalue weighted by Crippen LogP contribution is -2.50. The van der Waals surface area contributed by atoms with Gasteiger partial charge >= 0.3 is 0 Å². The van der Waals surface area contributed by atoms with Crippen LogP contribution in [0.1, 0.15) is 72.1 Å². The SMILES string of the molecule is C=C1C[C@]2(CC)[C@@H](OCC(C)(C)[Si](C)C)CC[C@H]2[C@@H]2CCC3=CC(=O)CCC3[C@@H]12. The topological polar surface area (TPSA) is 26.3 Å². The number of carbonyl (C=O) groups is 1. The van der Waals surface area contributed by atoms with Gasteiger partial charge in [-0.1, -0.05) is 51.6 Å². The van der Waals surface area contributed by atoms with Gasteiger partial charge in [0.25, 0.3) is 0 Å². The van der Waals surface area contributed by atoms with Gasteiger partial charge in [0.1, 0.15) is 0 Å². The quantitative estimate of drug-likeness (QED) is 0.375. The van der Waals surface area contributed by atoms with Crippen LogP contribution in [0.4, 0.5) is 0 Å². The molecule has 0 heterocycles. The second-order valence-electron chi connectivity index (χ2n) is 11.3. The van der Waals surface area contributed by atoms with Gasteiger partial charge in [0.05, 0.1) is 14.9 Å². The molecule has 3 heteroatoms. The lowest BCUT2D eigenvalue weighted by atomic mass is 9.50. The van der Waals surface area contributed by atoms with Crippen LogP contribution in [-0.4, -0.2) is 27.3 Å². The van der Waals surface area contributed by atoms with Crippen LogP contribution in [-0.2, 0) is 9.53 Å². The number of ether oxygens (including phenoxy) is 1. The third-order valence-corrected chi connectivity index (χ3v) is 12.4. The number of hydrogen-bond acceptors (Lipinski definition) is 2. The van der Waals surface area contributed by atoms with Crippen molar-refractivity contribution < 1.29 is 9.53 Å². The van der Waals surface area contributed by atoms with Gasteiger partial charge in [0.2, 0.25) is 0 Å². The molecule has 3 fully saturated rings. The Morgan fingerprint density at radius 1 is 1.21 bits per heavy atom. The summed E-state index contributed by atoms with van der Waals surface area (Å²) in [7, 11) is -0.380. The van der Waals surface area contributed by atoms with E-state index in [1.807, 2.05) is 6.08 Å². The summed E-state index contributed by atoms with van der Waals surface area (Å²) in [4.78, 5) is 12.0. The van der Waals surface area contributed by atoms with Crippen LogP contribution in [0, 0.1) is 29.1 Å². The highest BCUT2D eigenvalue weighted by Gasteiger charge is 2.59. The van der Waals surface area contributed by atoms with Crippen molar-refractivity contribution in [1.29, 1.82) is 0 Å². The molecule has 0 amide bonds. The van der Waals surface area contributed by atoms with Crippen molar-refractivity contribution in [3.05, 3.63) is 23.8 Å². The average Bonchev–Trinajstić information content (AvgIpc) is 3.04. The molecule has 1 unspecified atom stereocenters. The first-order valence-corrected chi connectivity index (χ1v) is 14.5. The van der Waals surface area contributed by atoms with Gasteiger partial charge < -0.3 is 4.74 Å². The molecule has 0 N–H and O–H groups in total. The number of fused-ring (bicyclic) bond motifs is 5. The third-order valence-electron chi connectivity index (χ3n) is 9.51. The Balaban J connectivity index is 1.57. The average molecular weight is 414 g/mol. The molecule has 0 aliphatic heterocycles. The minimum Gasteiger partial charge on any atom is -0.377 e. The molecule has 0 aromatic heterocycles. The molecule has 161 valence electrons. The van der Waals surface area contributed by atoms with Gasteiger partial charge in [-0.2, -0.15) is 0 Å². The van der Waals surface area contributed by atoms with Crippen molar-refractivity contribution in [2.45, 2.75) is 96.4 Å². The van der Waals surface area contributed by atoms with Crippen molar-refractivity contribution in [3.63, 3.8) is 0 Å². The van der Waals surface area contributed by atoms with Crippen molar-refractivity contribution >= 4 is 14.6 Å². The Morgan fingerprint density at radius 2 is 1.97 bits per heavy atom. The van der Waals surface area contributed by atoms with Gasteiger partial charge in [0.15, 0.2) is 5.78 Å². The number of ketones is 1. The van der Waals surface area contributed by atoms with Crippen LogP contribution < -0.4 is 0 Å².